The lowest BCUT2D eigenvalue weighted by Crippen LogP contribution is -2.66. The Balaban J connectivity index is 1.45. The molecule has 0 aliphatic heterocycles. The molecule has 230 valence electrons. The number of ketones is 1. The van der Waals surface area contributed by atoms with Crippen LogP contribution in [0.1, 0.15) is 119 Å². The van der Waals surface area contributed by atoms with Gasteiger partial charge in [0.2, 0.25) is 11.8 Å². The second-order valence-electron chi connectivity index (χ2n) is 16.5. The predicted molar refractivity (Wildman–Crippen MR) is 158 cm³/mol. The molecule has 4 saturated carbocycles. The number of carbonyl (C=O) groups is 3. The fourth-order valence-electron chi connectivity index (χ4n) is 11.1. The SMILES string of the molecule is CC1(C)[C@@H](O)CC[C@]2(C)[C@H]3C(=O)C=C4[C@@H]5C[C@@](C)(C(=O)NCCCC(=O)NO)CC[C@]5(C)CC[C@@]4(C)[C@]3(C)CC[C@@H]12. The molecular weight excluding hydrogens is 516 g/mol. The molecule has 9 atom stereocenters. The van der Waals surface area contributed by atoms with Crippen molar-refractivity contribution >= 4 is 17.6 Å². The van der Waals surface area contributed by atoms with E-state index in [4.69, 9.17) is 5.21 Å². The lowest BCUT2D eigenvalue weighted by molar-refractivity contribution is -0.202. The summed E-state index contributed by atoms with van der Waals surface area (Å²) < 4.78 is 0. The average molecular weight is 571 g/mol. The maximum Gasteiger partial charge on any atom is 0.243 e. The third-order valence-corrected chi connectivity index (χ3v) is 14.1. The third kappa shape index (κ3) is 4.38. The van der Waals surface area contributed by atoms with E-state index in [0.29, 0.717) is 18.9 Å². The number of hydroxylamine groups is 1. The second kappa shape index (κ2) is 9.90. The highest BCUT2D eigenvalue weighted by Gasteiger charge is 2.70. The van der Waals surface area contributed by atoms with E-state index < -0.39 is 11.3 Å². The number of rotatable bonds is 5. The average Bonchev–Trinajstić information content (AvgIpc) is 2.90. The van der Waals surface area contributed by atoms with Crippen molar-refractivity contribution in [1.82, 2.24) is 10.8 Å². The first kappa shape index (κ1) is 30.7. The van der Waals surface area contributed by atoms with E-state index in [1.807, 2.05) is 0 Å². The molecule has 0 bridgehead atoms. The fraction of sp³-hybridized carbons (Fsp3) is 0.853. The molecule has 7 nitrogen and oxygen atoms in total. The largest absolute Gasteiger partial charge is 0.393 e. The number of allylic oxidation sites excluding steroid dienone is 2. The van der Waals surface area contributed by atoms with E-state index in [0.717, 1.165) is 57.8 Å². The Morgan fingerprint density at radius 1 is 0.951 bits per heavy atom. The molecule has 0 aromatic rings. The highest BCUT2D eigenvalue weighted by Crippen LogP contribution is 2.75. The number of hydrogen-bond donors (Lipinski definition) is 4. The van der Waals surface area contributed by atoms with Gasteiger partial charge in [-0.25, -0.2) is 5.48 Å². The van der Waals surface area contributed by atoms with E-state index in [1.54, 1.807) is 5.48 Å². The van der Waals surface area contributed by atoms with Crippen molar-refractivity contribution < 1.29 is 24.7 Å². The molecule has 5 aliphatic carbocycles. The van der Waals surface area contributed by atoms with Crippen molar-refractivity contribution in [3.8, 4) is 0 Å². The van der Waals surface area contributed by atoms with Crippen LogP contribution in [-0.4, -0.2) is 40.6 Å². The predicted octanol–water partition coefficient (Wildman–Crippen LogP) is 5.73. The van der Waals surface area contributed by atoms with Gasteiger partial charge >= 0.3 is 0 Å². The number of hydrogen-bond acceptors (Lipinski definition) is 5. The number of nitrogens with one attached hydrogen (secondary N) is 2. The minimum absolute atomic E-state index is 0.0269. The minimum atomic E-state index is -0.531. The zero-order valence-corrected chi connectivity index (χ0v) is 26.5. The fourth-order valence-corrected chi connectivity index (χ4v) is 11.1. The van der Waals surface area contributed by atoms with E-state index in [2.05, 4.69) is 59.9 Å². The van der Waals surface area contributed by atoms with Crippen LogP contribution >= 0.6 is 0 Å². The van der Waals surface area contributed by atoms with E-state index in [1.165, 1.54) is 5.57 Å². The monoisotopic (exact) mass is 570 g/mol. The van der Waals surface area contributed by atoms with Gasteiger partial charge in [0.15, 0.2) is 5.78 Å². The summed E-state index contributed by atoms with van der Waals surface area (Å²) in [6, 6.07) is 0. The van der Waals surface area contributed by atoms with Gasteiger partial charge in [0.05, 0.1) is 6.10 Å². The Morgan fingerprint density at radius 3 is 2.32 bits per heavy atom. The topological polar surface area (TPSA) is 116 Å². The molecule has 4 N–H and O–H groups in total. The summed E-state index contributed by atoms with van der Waals surface area (Å²) in [6.07, 6.45) is 10.8. The molecule has 0 heterocycles. The van der Waals surface area contributed by atoms with Gasteiger partial charge in [-0.3, -0.25) is 19.6 Å². The molecule has 0 aromatic carbocycles. The van der Waals surface area contributed by atoms with Crippen LogP contribution in [0.3, 0.4) is 0 Å². The van der Waals surface area contributed by atoms with Gasteiger partial charge in [-0.15, -0.1) is 0 Å². The lowest BCUT2D eigenvalue weighted by Gasteiger charge is -2.70. The number of amides is 2. The highest BCUT2D eigenvalue weighted by molar-refractivity contribution is 5.95. The third-order valence-electron chi connectivity index (χ3n) is 14.1. The number of aliphatic hydroxyl groups excluding tert-OH is 1. The Bertz CT molecular complexity index is 1150. The summed E-state index contributed by atoms with van der Waals surface area (Å²) in [5.74, 6) is 0.313. The van der Waals surface area contributed by atoms with Crippen LogP contribution in [-0.2, 0) is 14.4 Å². The van der Waals surface area contributed by atoms with E-state index >= 15 is 0 Å². The summed E-state index contributed by atoms with van der Waals surface area (Å²) in [6.45, 7) is 16.5. The van der Waals surface area contributed by atoms with Crippen LogP contribution in [0.5, 0.6) is 0 Å². The van der Waals surface area contributed by atoms with Crippen LogP contribution in [0.2, 0.25) is 0 Å². The first-order valence-corrected chi connectivity index (χ1v) is 16.1. The molecule has 0 radical (unpaired) electrons. The van der Waals surface area contributed by atoms with Gasteiger partial charge in [0, 0.05) is 24.3 Å². The van der Waals surface area contributed by atoms with Crippen LogP contribution in [0.25, 0.3) is 0 Å². The van der Waals surface area contributed by atoms with Crippen LogP contribution in [0.4, 0.5) is 0 Å². The smallest absolute Gasteiger partial charge is 0.243 e. The number of fused-ring (bicyclic) bond motifs is 7. The highest BCUT2D eigenvalue weighted by atomic mass is 16.5. The first-order chi connectivity index (χ1) is 19.0. The van der Waals surface area contributed by atoms with Crippen molar-refractivity contribution in [3.05, 3.63) is 11.6 Å². The first-order valence-electron chi connectivity index (χ1n) is 16.1. The zero-order valence-electron chi connectivity index (χ0n) is 26.5. The summed E-state index contributed by atoms with van der Waals surface area (Å²) in [4.78, 5) is 39.3. The van der Waals surface area contributed by atoms with Gasteiger partial charge in [-0.1, -0.05) is 54.0 Å². The summed E-state index contributed by atoms with van der Waals surface area (Å²) in [5, 5.41) is 22.7. The molecule has 5 aliphatic rings. The van der Waals surface area contributed by atoms with Crippen molar-refractivity contribution in [2.75, 3.05) is 6.54 Å². The van der Waals surface area contributed by atoms with Crippen LogP contribution in [0, 0.1) is 50.2 Å². The zero-order chi connectivity index (χ0) is 30.2. The van der Waals surface area contributed by atoms with E-state index in [9.17, 15) is 19.5 Å². The van der Waals surface area contributed by atoms with E-state index in [-0.39, 0.29) is 63.1 Å². The quantitative estimate of drug-likeness (QED) is 0.191. The van der Waals surface area contributed by atoms with Crippen molar-refractivity contribution in [3.63, 3.8) is 0 Å². The standard InChI is InChI=1S/C34H54N2O5/c1-29(2)24-10-13-34(7)27(32(24,5)12-11-25(29)38)23(37)19-21-22-20-31(4,28(40)35-18-8-9-26(39)36-41)15-14-30(22,3)16-17-33(21,34)6/h19,22,24-25,27,38,41H,8-18,20H2,1-7H3,(H,35,40)(H,36,39)/t22-,24-,25-,27+,30+,31-,32-,33+,34+/m0/s1. The van der Waals surface area contributed by atoms with Gasteiger partial charge in [0.1, 0.15) is 0 Å². The van der Waals surface area contributed by atoms with Crippen LogP contribution in [0.15, 0.2) is 11.6 Å². The second-order valence-corrected chi connectivity index (χ2v) is 16.5. The summed E-state index contributed by atoms with van der Waals surface area (Å²) in [7, 11) is 0. The maximum absolute atomic E-state index is 14.4. The number of aliphatic hydroxyl groups is 1. The number of carbonyl (C=O) groups excluding carboxylic acids is 3. The molecule has 2 amide bonds. The van der Waals surface area contributed by atoms with Crippen molar-refractivity contribution in [2.24, 2.45) is 50.2 Å². The normalized spacial score (nSPS) is 46.7. The van der Waals surface area contributed by atoms with Gasteiger partial charge in [0.25, 0.3) is 0 Å². The summed E-state index contributed by atoms with van der Waals surface area (Å²) in [5.41, 5.74) is 1.90. The van der Waals surface area contributed by atoms with Gasteiger partial charge < -0.3 is 10.4 Å². The van der Waals surface area contributed by atoms with Crippen molar-refractivity contribution in [2.45, 2.75) is 125 Å². The Kier molecular flexibility index (Phi) is 7.42. The summed E-state index contributed by atoms with van der Waals surface area (Å²) >= 11 is 0. The van der Waals surface area contributed by atoms with Crippen LogP contribution < -0.4 is 10.8 Å². The Hall–Kier alpha value is -1.73. The molecule has 0 spiro atoms. The Labute approximate surface area is 246 Å². The Morgan fingerprint density at radius 2 is 1.63 bits per heavy atom. The molecule has 0 saturated heterocycles. The molecule has 7 heteroatoms. The van der Waals surface area contributed by atoms with Gasteiger partial charge in [-0.2, -0.15) is 0 Å². The maximum atomic E-state index is 14.4. The van der Waals surface area contributed by atoms with Crippen molar-refractivity contribution in [1.29, 1.82) is 0 Å². The molecular formula is C34H54N2O5. The molecule has 41 heavy (non-hydrogen) atoms. The van der Waals surface area contributed by atoms with Gasteiger partial charge in [-0.05, 0) is 109 Å². The lowest BCUT2D eigenvalue weighted by atomic mass is 9.33. The molecule has 5 rings (SSSR count). The molecule has 0 unspecified atom stereocenters. The minimum Gasteiger partial charge on any atom is -0.393 e. The molecule has 4 fully saturated rings. The molecule has 0 aromatic heterocycles.